The average molecular weight is 235 g/mol. The third kappa shape index (κ3) is 3.00. The van der Waals surface area contributed by atoms with Crippen molar-refractivity contribution < 1.29 is 14.8 Å². The van der Waals surface area contributed by atoms with E-state index in [1.165, 1.54) is 20.0 Å². The van der Waals surface area contributed by atoms with Crippen LogP contribution in [0.3, 0.4) is 0 Å². The third-order valence-corrected chi connectivity index (χ3v) is 3.17. The molecule has 0 saturated heterocycles. The van der Waals surface area contributed by atoms with Crippen molar-refractivity contribution in [2.24, 2.45) is 0 Å². The van der Waals surface area contributed by atoms with Crippen LogP contribution in [0.4, 0.5) is 0 Å². The fourth-order valence-electron chi connectivity index (χ4n) is 2.02. The van der Waals surface area contributed by atoms with E-state index in [0.29, 0.717) is 17.3 Å². The molecule has 1 aromatic rings. The van der Waals surface area contributed by atoms with Gasteiger partial charge in [-0.05, 0) is 31.5 Å². The van der Waals surface area contributed by atoms with Crippen LogP contribution in [-0.2, 0) is 6.54 Å². The molecule has 0 heterocycles. The van der Waals surface area contributed by atoms with Crippen molar-refractivity contribution in [1.29, 1.82) is 0 Å². The molecule has 0 bridgehead atoms. The van der Waals surface area contributed by atoms with Gasteiger partial charge in [-0.25, -0.2) is 0 Å². The molecule has 92 valence electrons. The van der Waals surface area contributed by atoms with Gasteiger partial charge in [0.2, 0.25) is 0 Å². The van der Waals surface area contributed by atoms with E-state index in [1.807, 2.05) is 6.07 Å². The highest BCUT2D eigenvalue weighted by atomic mass is 16.5. The summed E-state index contributed by atoms with van der Waals surface area (Å²) in [5.41, 5.74) is 1.50. The molecule has 5 heteroatoms. The van der Waals surface area contributed by atoms with Crippen molar-refractivity contribution in [3.63, 3.8) is 0 Å². The van der Waals surface area contributed by atoms with Gasteiger partial charge in [-0.1, -0.05) is 12.1 Å². The number of hydrogen-bond donors (Lipinski definition) is 2. The minimum Gasteiger partial charge on any atom is -0.497 e. The normalized spacial score (nSPS) is 15.1. The number of methoxy groups -OCH3 is 1. The van der Waals surface area contributed by atoms with Gasteiger partial charge in [-0.2, -0.15) is 0 Å². The maximum absolute atomic E-state index is 9.28. The Morgan fingerprint density at radius 1 is 1.41 bits per heavy atom. The predicted molar refractivity (Wildman–Crippen MR) is 67.3 cm³/mol. The molecule has 1 saturated carbocycles. The van der Waals surface area contributed by atoms with Crippen LogP contribution in [0.2, 0.25) is 0 Å². The molecular formula is C12H18BNO3. The van der Waals surface area contributed by atoms with Gasteiger partial charge in [0.1, 0.15) is 5.75 Å². The average Bonchev–Trinajstić information content (AvgIpc) is 3.12. The van der Waals surface area contributed by atoms with E-state index < -0.39 is 7.12 Å². The van der Waals surface area contributed by atoms with E-state index in [-0.39, 0.29) is 0 Å². The number of nitrogens with zero attached hydrogens (tertiary/aromatic N) is 1. The van der Waals surface area contributed by atoms with Gasteiger partial charge in [-0.3, -0.25) is 4.90 Å². The zero-order valence-corrected chi connectivity index (χ0v) is 10.3. The lowest BCUT2D eigenvalue weighted by atomic mass is 9.78. The first-order chi connectivity index (χ1) is 8.11. The van der Waals surface area contributed by atoms with Gasteiger partial charge in [0.25, 0.3) is 0 Å². The summed E-state index contributed by atoms with van der Waals surface area (Å²) in [6.07, 6.45) is 2.53. The summed E-state index contributed by atoms with van der Waals surface area (Å²) in [5, 5.41) is 18.6. The predicted octanol–water partition coefficient (Wildman–Crippen LogP) is -0.0308. The van der Waals surface area contributed by atoms with Crippen molar-refractivity contribution in [2.45, 2.75) is 25.4 Å². The van der Waals surface area contributed by atoms with Crippen molar-refractivity contribution >= 4 is 12.6 Å². The topological polar surface area (TPSA) is 52.9 Å². The highest BCUT2D eigenvalue weighted by Crippen LogP contribution is 2.26. The smallest absolute Gasteiger partial charge is 0.492 e. The molecule has 0 unspecified atom stereocenters. The van der Waals surface area contributed by atoms with Crippen LogP contribution in [-0.4, -0.2) is 42.3 Å². The summed E-state index contributed by atoms with van der Waals surface area (Å²) in [4.78, 5) is 2.29. The fraction of sp³-hybridized carbons (Fsp3) is 0.500. The zero-order chi connectivity index (χ0) is 12.4. The lowest BCUT2D eigenvalue weighted by molar-refractivity contribution is 0.316. The summed E-state index contributed by atoms with van der Waals surface area (Å²) >= 11 is 0. The Kier molecular flexibility index (Phi) is 3.71. The van der Waals surface area contributed by atoms with E-state index in [9.17, 15) is 10.0 Å². The van der Waals surface area contributed by atoms with E-state index >= 15 is 0 Å². The molecule has 4 nitrogen and oxygen atoms in total. The number of rotatable bonds is 5. The summed E-state index contributed by atoms with van der Waals surface area (Å²) in [6.45, 7) is 0.828. The summed E-state index contributed by atoms with van der Waals surface area (Å²) in [5.74, 6) is 0.512. The molecule has 0 spiro atoms. The first kappa shape index (κ1) is 12.4. The monoisotopic (exact) mass is 235 g/mol. The fourth-order valence-corrected chi connectivity index (χ4v) is 2.02. The Labute approximate surface area is 102 Å². The van der Waals surface area contributed by atoms with E-state index in [4.69, 9.17) is 4.74 Å². The second-order valence-electron chi connectivity index (χ2n) is 4.60. The summed E-state index contributed by atoms with van der Waals surface area (Å²) in [7, 11) is 2.13. The Bertz CT molecular complexity index is 393. The van der Waals surface area contributed by atoms with Crippen molar-refractivity contribution in [2.75, 3.05) is 14.2 Å². The van der Waals surface area contributed by atoms with Crippen LogP contribution in [0.1, 0.15) is 18.4 Å². The minimum absolute atomic E-state index is 0.425. The maximum Gasteiger partial charge on any atom is 0.492 e. The van der Waals surface area contributed by atoms with Crippen LogP contribution < -0.4 is 10.2 Å². The molecule has 0 amide bonds. The van der Waals surface area contributed by atoms with Gasteiger partial charge in [0.15, 0.2) is 0 Å². The summed E-state index contributed by atoms with van der Waals surface area (Å²) in [6, 6.07) is 6.23. The minimum atomic E-state index is -1.49. The van der Waals surface area contributed by atoms with Crippen molar-refractivity contribution in [1.82, 2.24) is 4.90 Å². The first-order valence-electron chi connectivity index (χ1n) is 5.85. The second kappa shape index (κ2) is 5.08. The standard InChI is InChI=1S/C12H18BNO3/c1-14(10-4-5-10)8-9-3-6-12(17-2)11(7-9)13(15)16/h3,6-7,10,15-16H,4-5,8H2,1-2H3. The maximum atomic E-state index is 9.28. The molecule has 2 rings (SSSR count). The van der Waals surface area contributed by atoms with E-state index in [0.717, 1.165) is 12.1 Å². The number of ether oxygens (including phenoxy) is 1. The molecule has 1 aromatic carbocycles. The van der Waals surface area contributed by atoms with Gasteiger partial charge >= 0.3 is 7.12 Å². The lowest BCUT2D eigenvalue weighted by Crippen LogP contribution is -2.32. The number of benzene rings is 1. The molecule has 0 atom stereocenters. The number of hydrogen-bond acceptors (Lipinski definition) is 4. The lowest BCUT2D eigenvalue weighted by Gasteiger charge is -2.17. The zero-order valence-electron chi connectivity index (χ0n) is 10.3. The van der Waals surface area contributed by atoms with Crippen molar-refractivity contribution in [3.8, 4) is 5.75 Å². The van der Waals surface area contributed by atoms with Crippen LogP contribution in [0, 0.1) is 0 Å². The van der Waals surface area contributed by atoms with Crippen LogP contribution in [0.25, 0.3) is 0 Å². The van der Waals surface area contributed by atoms with Crippen LogP contribution >= 0.6 is 0 Å². The molecule has 1 fully saturated rings. The quantitative estimate of drug-likeness (QED) is 0.703. The highest BCUT2D eigenvalue weighted by molar-refractivity contribution is 6.59. The molecule has 0 aromatic heterocycles. The van der Waals surface area contributed by atoms with Crippen molar-refractivity contribution in [3.05, 3.63) is 23.8 Å². The summed E-state index contributed by atoms with van der Waals surface area (Å²) < 4.78 is 5.09. The Hall–Kier alpha value is -1.04. The van der Waals surface area contributed by atoms with Gasteiger partial charge < -0.3 is 14.8 Å². The Morgan fingerprint density at radius 3 is 2.65 bits per heavy atom. The third-order valence-electron chi connectivity index (χ3n) is 3.17. The molecule has 0 radical (unpaired) electrons. The first-order valence-corrected chi connectivity index (χ1v) is 5.85. The molecule has 0 aliphatic heterocycles. The molecule has 2 N–H and O–H groups in total. The van der Waals surface area contributed by atoms with Gasteiger partial charge in [-0.15, -0.1) is 0 Å². The van der Waals surface area contributed by atoms with Crippen LogP contribution in [0.5, 0.6) is 5.75 Å². The van der Waals surface area contributed by atoms with Crippen LogP contribution in [0.15, 0.2) is 18.2 Å². The molecule has 1 aliphatic carbocycles. The molecule has 1 aliphatic rings. The van der Waals surface area contributed by atoms with E-state index in [2.05, 4.69) is 11.9 Å². The van der Waals surface area contributed by atoms with Gasteiger partial charge in [0, 0.05) is 18.0 Å². The molecule has 17 heavy (non-hydrogen) atoms. The largest absolute Gasteiger partial charge is 0.497 e. The SMILES string of the molecule is COc1ccc(CN(C)C2CC2)cc1B(O)O. The molecular weight excluding hydrogens is 217 g/mol. The van der Waals surface area contributed by atoms with Gasteiger partial charge in [0.05, 0.1) is 7.11 Å². The highest BCUT2D eigenvalue weighted by Gasteiger charge is 2.26. The second-order valence-corrected chi connectivity index (χ2v) is 4.60. The Balaban J connectivity index is 2.14. The Morgan fingerprint density at radius 2 is 2.12 bits per heavy atom. The van der Waals surface area contributed by atoms with E-state index in [1.54, 1.807) is 12.1 Å².